The van der Waals surface area contributed by atoms with Crippen molar-refractivity contribution in [2.24, 2.45) is 0 Å². The fourth-order valence-corrected chi connectivity index (χ4v) is 4.02. The molecule has 0 radical (unpaired) electrons. The number of halogens is 1. The molecule has 4 heterocycles. The van der Waals surface area contributed by atoms with Crippen molar-refractivity contribution in [1.82, 2.24) is 34.6 Å². The number of fused-ring (bicyclic) bond motifs is 1. The van der Waals surface area contributed by atoms with Gasteiger partial charge in [0, 0.05) is 51.0 Å². The number of nitrogens with zero attached hydrogens (tertiary/aromatic N) is 7. The average molecular weight is 435 g/mol. The molecule has 0 amide bonds. The van der Waals surface area contributed by atoms with E-state index in [1.54, 1.807) is 29.1 Å². The highest BCUT2D eigenvalue weighted by molar-refractivity contribution is 5.87. The molecule has 1 aliphatic heterocycles. The van der Waals surface area contributed by atoms with Gasteiger partial charge in [-0.2, -0.15) is 10.1 Å². The molecule has 3 aromatic heterocycles. The Morgan fingerprint density at radius 3 is 2.62 bits per heavy atom. The Kier molecular flexibility index (Phi) is 5.23. The van der Waals surface area contributed by atoms with Crippen molar-refractivity contribution in [2.45, 2.75) is 6.54 Å². The van der Waals surface area contributed by atoms with Crippen molar-refractivity contribution >= 4 is 22.8 Å². The van der Waals surface area contributed by atoms with Crippen molar-refractivity contribution in [1.29, 1.82) is 0 Å². The van der Waals surface area contributed by atoms with Crippen LogP contribution in [0.2, 0.25) is 0 Å². The SMILES string of the molecule is Nc1nc(-c2cn[nH]c2)c2ncc(=O)n(CCN3CCN(c4ccccc4F)CC3)c2n1. The van der Waals surface area contributed by atoms with Gasteiger partial charge in [0.1, 0.15) is 17.0 Å². The molecule has 1 aromatic carbocycles. The Morgan fingerprint density at radius 1 is 1.06 bits per heavy atom. The summed E-state index contributed by atoms with van der Waals surface area (Å²) in [7, 11) is 0. The van der Waals surface area contributed by atoms with E-state index in [1.165, 1.54) is 12.3 Å². The van der Waals surface area contributed by atoms with E-state index >= 15 is 0 Å². The molecule has 5 rings (SSSR count). The lowest BCUT2D eigenvalue weighted by atomic mass is 10.2. The molecule has 1 aliphatic rings. The number of aromatic amines is 1. The third-order valence-electron chi connectivity index (χ3n) is 5.69. The zero-order valence-electron chi connectivity index (χ0n) is 17.3. The summed E-state index contributed by atoms with van der Waals surface area (Å²) in [5.41, 5.74) is 8.43. The first-order chi connectivity index (χ1) is 15.6. The van der Waals surface area contributed by atoms with Crippen LogP contribution in [0.25, 0.3) is 22.4 Å². The van der Waals surface area contributed by atoms with E-state index in [4.69, 9.17) is 5.73 Å². The summed E-state index contributed by atoms with van der Waals surface area (Å²) < 4.78 is 15.6. The second-order valence-electron chi connectivity index (χ2n) is 7.62. The van der Waals surface area contributed by atoms with Gasteiger partial charge in [0.25, 0.3) is 5.56 Å². The highest BCUT2D eigenvalue weighted by Crippen LogP contribution is 2.24. The number of benzene rings is 1. The Bertz CT molecular complexity index is 1300. The molecule has 10 nitrogen and oxygen atoms in total. The lowest BCUT2D eigenvalue weighted by Gasteiger charge is -2.36. The van der Waals surface area contributed by atoms with E-state index in [-0.39, 0.29) is 17.3 Å². The van der Waals surface area contributed by atoms with Gasteiger partial charge in [0.15, 0.2) is 5.65 Å². The van der Waals surface area contributed by atoms with Gasteiger partial charge in [-0.15, -0.1) is 0 Å². The third-order valence-corrected chi connectivity index (χ3v) is 5.69. The number of nitrogens with two attached hydrogens (primary N) is 1. The van der Waals surface area contributed by atoms with Crippen molar-refractivity contribution in [3.05, 3.63) is 59.0 Å². The van der Waals surface area contributed by atoms with E-state index in [0.717, 1.165) is 13.1 Å². The van der Waals surface area contributed by atoms with E-state index in [1.807, 2.05) is 11.0 Å². The Hall–Kier alpha value is -3.86. The molecule has 3 N–H and O–H groups in total. The largest absolute Gasteiger partial charge is 0.368 e. The van der Waals surface area contributed by atoms with Crippen LogP contribution >= 0.6 is 0 Å². The molecule has 0 spiro atoms. The van der Waals surface area contributed by atoms with Gasteiger partial charge in [-0.25, -0.2) is 14.4 Å². The molecule has 0 unspecified atom stereocenters. The monoisotopic (exact) mass is 435 g/mol. The van der Waals surface area contributed by atoms with Crippen molar-refractivity contribution in [2.75, 3.05) is 43.4 Å². The van der Waals surface area contributed by atoms with E-state index in [0.29, 0.717) is 54.3 Å². The molecule has 0 bridgehead atoms. The fourth-order valence-electron chi connectivity index (χ4n) is 4.02. The first-order valence-electron chi connectivity index (χ1n) is 10.3. The Labute approximate surface area is 182 Å². The van der Waals surface area contributed by atoms with Crippen LogP contribution in [0.1, 0.15) is 0 Å². The zero-order valence-corrected chi connectivity index (χ0v) is 17.3. The van der Waals surface area contributed by atoms with Crippen LogP contribution in [0, 0.1) is 5.82 Å². The highest BCUT2D eigenvalue weighted by atomic mass is 19.1. The maximum Gasteiger partial charge on any atom is 0.270 e. The summed E-state index contributed by atoms with van der Waals surface area (Å²) in [5.74, 6) is -0.144. The van der Waals surface area contributed by atoms with Crippen LogP contribution in [0.3, 0.4) is 0 Å². The summed E-state index contributed by atoms with van der Waals surface area (Å²) in [5, 5.41) is 6.69. The molecule has 32 heavy (non-hydrogen) atoms. The predicted octanol–water partition coefficient (Wildman–Crippen LogP) is 1.12. The molecular weight excluding hydrogens is 413 g/mol. The van der Waals surface area contributed by atoms with E-state index in [2.05, 4.69) is 30.0 Å². The van der Waals surface area contributed by atoms with Crippen LogP contribution in [-0.2, 0) is 6.54 Å². The van der Waals surface area contributed by atoms with Gasteiger partial charge in [0.05, 0.1) is 18.1 Å². The molecule has 164 valence electrons. The summed E-state index contributed by atoms with van der Waals surface area (Å²) in [6.07, 6.45) is 4.59. The second kappa shape index (κ2) is 8.35. The number of rotatable bonds is 5. The number of nitrogens with one attached hydrogen (secondary N) is 1. The van der Waals surface area contributed by atoms with Crippen LogP contribution in [0.15, 0.2) is 47.7 Å². The number of hydrogen-bond donors (Lipinski definition) is 2. The van der Waals surface area contributed by atoms with Gasteiger partial charge < -0.3 is 10.6 Å². The molecular formula is C21H22FN9O. The van der Waals surface area contributed by atoms with Gasteiger partial charge in [-0.05, 0) is 12.1 Å². The molecule has 1 fully saturated rings. The highest BCUT2D eigenvalue weighted by Gasteiger charge is 2.20. The maximum absolute atomic E-state index is 14.1. The fraction of sp³-hybridized carbons (Fsp3) is 0.286. The van der Waals surface area contributed by atoms with Gasteiger partial charge >= 0.3 is 0 Å². The van der Waals surface area contributed by atoms with Crippen LogP contribution in [0.4, 0.5) is 16.0 Å². The van der Waals surface area contributed by atoms with Crippen molar-refractivity contribution < 1.29 is 4.39 Å². The van der Waals surface area contributed by atoms with Gasteiger partial charge in [0.2, 0.25) is 5.95 Å². The molecule has 0 atom stereocenters. The van der Waals surface area contributed by atoms with Gasteiger partial charge in [-0.3, -0.25) is 19.4 Å². The first-order valence-corrected chi connectivity index (χ1v) is 10.3. The average Bonchev–Trinajstić information content (AvgIpc) is 3.34. The topological polar surface area (TPSA) is 122 Å². The molecule has 1 saturated heterocycles. The van der Waals surface area contributed by atoms with Crippen LogP contribution < -0.4 is 16.2 Å². The summed E-state index contributed by atoms with van der Waals surface area (Å²) in [6.45, 7) is 4.04. The maximum atomic E-state index is 14.1. The third kappa shape index (κ3) is 3.78. The summed E-state index contributed by atoms with van der Waals surface area (Å²) in [6, 6.07) is 6.82. The lowest BCUT2D eigenvalue weighted by Crippen LogP contribution is -2.47. The number of nitrogen functional groups attached to an aromatic ring is 1. The number of para-hydroxylation sites is 1. The number of hydrogen-bond acceptors (Lipinski definition) is 8. The minimum absolute atomic E-state index is 0.0633. The van der Waals surface area contributed by atoms with Crippen LogP contribution in [0.5, 0.6) is 0 Å². The predicted molar refractivity (Wildman–Crippen MR) is 119 cm³/mol. The quantitative estimate of drug-likeness (QED) is 0.478. The second-order valence-corrected chi connectivity index (χ2v) is 7.62. The minimum Gasteiger partial charge on any atom is -0.368 e. The van der Waals surface area contributed by atoms with Gasteiger partial charge in [-0.1, -0.05) is 12.1 Å². The lowest BCUT2D eigenvalue weighted by molar-refractivity contribution is 0.247. The summed E-state index contributed by atoms with van der Waals surface area (Å²) >= 11 is 0. The molecule has 11 heteroatoms. The number of aromatic nitrogens is 6. The normalized spacial score (nSPS) is 14.8. The Balaban J connectivity index is 1.35. The first kappa shape index (κ1) is 20.1. The number of anilines is 2. The van der Waals surface area contributed by atoms with Crippen molar-refractivity contribution in [3.8, 4) is 11.3 Å². The zero-order chi connectivity index (χ0) is 22.1. The molecule has 0 saturated carbocycles. The van der Waals surface area contributed by atoms with E-state index < -0.39 is 0 Å². The number of piperazine rings is 1. The van der Waals surface area contributed by atoms with E-state index in [9.17, 15) is 9.18 Å². The van der Waals surface area contributed by atoms with Crippen molar-refractivity contribution in [3.63, 3.8) is 0 Å². The Morgan fingerprint density at radius 2 is 1.88 bits per heavy atom. The summed E-state index contributed by atoms with van der Waals surface area (Å²) in [4.78, 5) is 29.8. The molecule has 4 aromatic rings. The minimum atomic E-state index is -0.251. The molecule has 0 aliphatic carbocycles. The van der Waals surface area contributed by atoms with Crippen LogP contribution in [-0.4, -0.2) is 67.3 Å². The number of H-pyrrole nitrogens is 1. The smallest absolute Gasteiger partial charge is 0.270 e. The standard InChI is InChI=1S/C21H22FN9O/c22-15-3-1-2-4-16(15)30-8-5-29(6-9-30)7-10-31-17(32)13-24-19-18(14-11-25-26-12-14)27-21(23)28-20(19)31/h1-4,11-13H,5-10H2,(H,25,26)(H2,23,27,28).